The Bertz CT molecular complexity index is 308. The third-order valence-corrected chi connectivity index (χ3v) is 2.85. The summed E-state index contributed by atoms with van der Waals surface area (Å²) in [5.41, 5.74) is 7.69. The normalized spacial score (nSPS) is 20.4. The molecule has 0 saturated carbocycles. The Morgan fingerprint density at radius 3 is 3.00 bits per heavy atom. The van der Waals surface area contributed by atoms with Crippen LogP contribution in [0.3, 0.4) is 0 Å². The highest BCUT2D eigenvalue weighted by Crippen LogP contribution is 2.19. The molecule has 2 rings (SSSR count). The Kier molecular flexibility index (Phi) is 3.45. The number of para-hydroxylation sites is 2. The van der Waals surface area contributed by atoms with Crippen molar-refractivity contribution in [3.05, 3.63) is 24.3 Å². The van der Waals surface area contributed by atoms with Crippen LogP contribution in [0.2, 0.25) is 0 Å². The van der Waals surface area contributed by atoms with Crippen molar-refractivity contribution in [2.45, 2.75) is 12.8 Å². The Morgan fingerprint density at radius 2 is 2.27 bits per heavy atom. The largest absolute Gasteiger partial charge is 0.397 e. The van der Waals surface area contributed by atoms with Gasteiger partial charge in [0.15, 0.2) is 0 Å². The van der Waals surface area contributed by atoms with E-state index in [1.165, 1.54) is 6.42 Å². The monoisotopic (exact) mass is 206 g/mol. The van der Waals surface area contributed by atoms with E-state index in [9.17, 15) is 0 Å². The minimum atomic E-state index is 0.724. The molecular weight excluding hydrogens is 188 g/mol. The minimum absolute atomic E-state index is 0.724. The smallest absolute Gasteiger partial charge is 0.0573 e. The second-order valence-electron chi connectivity index (χ2n) is 4.03. The molecule has 1 aromatic carbocycles. The van der Waals surface area contributed by atoms with E-state index < -0.39 is 0 Å². The molecule has 1 heterocycles. The first-order chi connectivity index (χ1) is 7.36. The first-order valence-corrected chi connectivity index (χ1v) is 5.52. The average Bonchev–Trinajstić information content (AvgIpc) is 2.74. The molecule has 3 N–H and O–H groups in total. The number of nitrogens with one attached hydrogen (secondary N) is 1. The molecule has 15 heavy (non-hydrogen) atoms. The van der Waals surface area contributed by atoms with Crippen LogP contribution in [0.4, 0.5) is 11.4 Å². The molecule has 1 aliphatic rings. The Hall–Kier alpha value is -1.22. The van der Waals surface area contributed by atoms with E-state index in [0.717, 1.165) is 43.5 Å². The fourth-order valence-electron chi connectivity index (χ4n) is 1.88. The number of hydrogen-bond acceptors (Lipinski definition) is 3. The predicted octanol–water partition coefficient (Wildman–Crippen LogP) is 2.11. The molecule has 0 aliphatic carbocycles. The molecule has 1 saturated heterocycles. The lowest BCUT2D eigenvalue weighted by atomic mass is 10.1. The number of hydrogen-bond donors (Lipinski definition) is 2. The summed E-state index contributed by atoms with van der Waals surface area (Å²) in [5, 5.41) is 3.36. The highest BCUT2D eigenvalue weighted by atomic mass is 16.5. The molecule has 1 unspecified atom stereocenters. The molecule has 1 atom stereocenters. The summed E-state index contributed by atoms with van der Waals surface area (Å²) >= 11 is 0. The van der Waals surface area contributed by atoms with Crippen LogP contribution < -0.4 is 11.1 Å². The van der Waals surface area contributed by atoms with E-state index in [2.05, 4.69) is 5.32 Å². The molecule has 1 aliphatic heterocycles. The van der Waals surface area contributed by atoms with E-state index in [4.69, 9.17) is 10.5 Å². The van der Waals surface area contributed by atoms with Gasteiger partial charge in [0.1, 0.15) is 0 Å². The maximum Gasteiger partial charge on any atom is 0.0573 e. The first-order valence-electron chi connectivity index (χ1n) is 5.52. The second-order valence-corrected chi connectivity index (χ2v) is 4.03. The van der Waals surface area contributed by atoms with Crippen molar-refractivity contribution in [3.8, 4) is 0 Å². The quantitative estimate of drug-likeness (QED) is 0.742. The van der Waals surface area contributed by atoms with Crippen molar-refractivity contribution in [3.63, 3.8) is 0 Å². The van der Waals surface area contributed by atoms with Crippen LogP contribution in [0, 0.1) is 5.92 Å². The Morgan fingerprint density at radius 1 is 1.40 bits per heavy atom. The van der Waals surface area contributed by atoms with Gasteiger partial charge in [-0.1, -0.05) is 12.1 Å². The summed E-state index contributed by atoms with van der Waals surface area (Å²) in [5.74, 6) is 0.724. The topological polar surface area (TPSA) is 47.3 Å². The zero-order valence-corrected chi connectivity index (χ0v) is 8.91. The SMILES string of the molecule is Nc1ccccc1NCCC1CCOC1. The number of nitrogen functional groups attached to an aromatic ring is 1. The molecule has 0 spiro atoms. The van der Waals surface area contributed by atoms with Gasteiger partial charge in [-0.25, -0.2) is 0 Å². The van der Waals surface area contributed by atoms with Gasteiger partial charge in [-0.05, 0) is 30.9 Å². The van der Waals surface area contributed by atoms with Crippen LogP contribution in [0.25, 0.3) is 0 Å². The molecule has 82 valence electrons. The van der Waals surface area contributed by atoms with Crippen LogP contribution in [0.15, 0.2) is 24.3 Å². The number of benzene rings is 1. The molecule has 0 aromatic heterocycles. The summed E-state index contributed by atoms with van der Waals surface area (Å²) in [6, 6.07) is 7.88. The zero-order valence-electron chi connectivity index (χ0n) is 8.91. The third kappa shape index (κ3) is 2.86. The highest BCUT2D eigenvalue weighted by molar-refractivity contribution is 5.65. The van der Waals surface area contributed by atoms with Gasteiger partial charge >= 0.3 is 0 Å². The van der Waals surface area contributed by atoms with E-state index >= 15 is 0 Å². The van der Waals surface area contributed by atoms with Gasteiger partial charge in [0.2, 0.25) is 0 Å². The summed E-state index contributed by atoms with van der Waals surface area (Å²) in [4.78, 5) is 0. The van der Waals surface area contributed by atoms with E-state index in [-0.39, 0.29) is 0 Å². The zero-order chi connectivity index (χ0) is 10.5. The lowest BCUT2D eigenvalue weighted by Crippen LogP contribution is -2.09. The lowest BCUT2D eigenvalue weighted by Gasteiger charge is -2.11. The van der Waals surface area contributed by atoms with Crippen LogP contribution >= 0.6 is 0 Å². The number of ether oxygens (including phenoxy) is 1. The standard InChI is InChI=1S/C12H18N2O/c13-11-3-1-2-4-12(11)14-7-5-10-6-8-15-9-10/h1-4,10,14H,5-9,13H2. The molecule has 1 aromatic rings. The number of anilines is 2. The van der Waals surface area contributed by atoms with Gasteiger partial charge in [-0.15, -0.1) is 0 Å². The highest BCUT2D eigenvalue weighted by Gasteiger charge is 2.14. The van der Waals surface area contributed by atoms with Gasteiger partial charge in [0.25, 0.3) is 0 Å². The lowest BCUT2D eigenvalue weighted by molar-refractivity contribution is 0.185. The van der Waals surface area contributed by atoms with Crippen molar-refractivity contribution in [2.75, 3.05) is 30.8 Å². The van der Waals surface area contributed by atoms with Gasteiger partial charge in [0, 0.05) is 19.8 Å². The third-order valence-electron chi connectivity index (χ3n) is 2.85. The van der Waals surface area contributed by atoms with Gasteiger partial charge in [-0.3, -0.25) is 0 Å². The van der Waals surface area contributed by atoms with Crippen molar-refractivity contribution < 1.29 is 4.74 Å². The van der Waals surface area contributed by atoms with Crippen LogP contribution in [-0.4, -0.2) is 19.8 Å². The molecule has 0 bridgehead atoms. The number of nitrogens with two attached hydrogens (primary N) is 1. The molecule has 0 radical (unpaired) electrons. The number of rotatable bonds is 4. The van der Waals surface area contributed by atoms with E-state index in [1.807, 2.05) is 24.3 Å². The van der Waals surface area contributed by atoms with Gasteiger partial charge in [0.05, 0.1) is 11.4 Å². The van der Waals surface area contributed by atoms with Crippen LogP contribution in [0.1, 0.15) is 12.8 Å². The summed E-state index contributed by atoms with van der Waals surface area (Å²) in [6.07, 6.45) is 2.36. The van der Waals surface area contributed by atoms with E-state index in [0.29, 0.717) is 0 Å². The maximum absolute atomic E-state index is 5.83. The van der Waals surface area contributed by atoms with Crippen molar-refractivity contribution in [1.29, 1.82) is 0 Å². The first kappa shape index (κ1) is 10.3. The molecule has 3 nitrogen and oxygen atoms in total. The van der Waals surface area contributed by atoms with Crippen molar-refractivity contribution in [2.24, 2.45) is 5.92 Å². The van der Waals surface area contributed by atoms with Crippen molar-refractivity contribution >= 4 is 11.4 Å². The van der Waals surface area contributed by atoms with Crippen LogP contribution in [-0.2, 0) is 4.74 Å². The summed E-state index contributed by atoms with van der Waals surface area (Å²) < 4.78 is 5.33. The summed E-state index contributed by atoms with van der Waals surface area (Å²) in [7, 11) is 0. The van der Waals surface area contributed by atoms with Gasteiger partial charge in [-0.2, -0.15) is 0 Å². The van der Waals surface area contributed by atoms with E-state index in [1.54, 1.807) is 0 Å². The second kappa shape index (κ2) is 5.03. The molecule has 1 fully saturated rings. The minimum Gasteiger partial charge on any atom is -0.397 e. The predicted molar refractivity (Wildman–Crippen MR) is 62.9 cm³/mol. The Balaban J connectivity index is 1.75. The van der Waals surface area contributed by atoms with Gasteiger partial charge < -0.3 is 15.8 Å². The molecule has 0 amide bonds. The maximum atomic E-state index is 5.83. The Labute approximate surface area is 90.6 Å². The van der Waals surface area contributed by atoms with Crippen LogP contribution in [0.5, 0.6) is 0 Å². The van der Waals surface area contributed by atoms with Crippen molar-refractivity contribution in [1.82, 2.24) is 0 Å². The molecular formula is C12H18N2O. The fourth-order valence-corrected chi connectivity index (χ4v) is 1.88. The average molecular weight is 206 g/mol. The molecule has 3 heteroatoms. The summed E-state index contributed by atoms with van der Waals surface area (Å²) in [6.45, 7) is 2.83. The fraction of sp³-hybridized carbons (Fsp3) is 0.500.